The van der Waals surface area contributed by atoms with Gasteiger partial charge in [-0.1, -0.05) is 124 Å². The Morgan fingerprint density at radius 2 is 1.30 bits per heavy atom. The fraction of sp³-hybridized carbons (Fsp3) is 0.719. The quantitative estimate of drug-likeness (QED) is 0.114. The molecular weight excluding hydrogens is 470 g/mol. The molecule has 0 amide bonds. The standard InChI is InChI=1S/C32H53N3OSi/c1-5-7-9-10-11-16-24-36-29-20-21-30(33-25-29)31-22-23-32(35-34-31)37-26-28(4)19-15-12-14-18-27(3)17-13-8-6-2/h20-23,25,27-28H,5-19,24,26H2,1-4H3. The number of rotatable bonds is 22. The first-order chi connectivity index (χ1) is 18.1. The lowest BCUT2D eigenvalue weighted by Crippen LogP contribution is -2.21. The van der Waals surface area contributed by atoms with E-state index in [-0.39, 0.29) is 0 Å². The highest BCUT2D eigenvalue weighted by molar-refractivity contribution is 6.52. The van der Waals surface area contributed by atoms with Crippen molar-refractivity contribution >= 4 is 14.8 Å². The van der Waals surface area contributed by atoms with Crippen LogP contribution in [-0.4, -0.2) is 31.3 Å². The van der Waals surface area contributed by atoms with Crippen molar-refractivity contribution < 1.29 is 4.74 Å². The van der Waals surface area contributed by atoms with Gasteiger partial charge in [0.15, 0.2) is 0 Å². The molecule has 0 aliphatic heterocycles. The number of hydrogen-bond acceptors (Lipinski definition) is 4. The van der Waals surface area contributed by atoms with Crippen molar-refractivity contribution in [2.45, 2.75) is 130 Å². The summed E-state index contributed by atoms with van der Waals surface area (Å²) in [5, 5.41) is 10.0. The molecule has 0 bridgehead atoms. The van der Waals surface area contributed by atoms with Crippen LogP contribution in [0.25, 0.3) is 11.4 Å². The molecule has 4 nitrogen and oxygen atoms in total. The molecule has 2 atom stereocenters. The van der Waals surface area contributed by atoms with E-state index in [0.29, 0.717) is 0 Å². The summed E-state index contributed by atoms with van der Waals surface area (Å²) in [7, 11) is 0.729. The zero-order chi connectivity index (χ0) is 26.6. The highest BCUT2D eigenvalue weighted by Crippen LogP contribution is 2.20. The van der Waals surface area contributed by atoms with Gasteiger partial charge in [0.25, 0.3) is 0 Å². The van der Waals surface area contributed by atoms with Crippen LogP contribution in [0.1, 0.15) is 124 Å². The Morgan fingerprint density at radius 1 is 0.676 bits per heavy atom. The van der Waals surface area contributed by atoms with Gasteiger partial charge in [0, 0.05) is 5.32 Å². The topological polar surface area (TPSA) is 47.9 Å². The summed E-state index contributed by atoms with van der Waals surface area (Å²) in [5.41, 5.74) is 1.68. The van der Waals surface area contributed by atoms with Crippen LogP contribution < -0.4 is 10.1 Å². The van der Waals surface area contributed by atoms with Crippen molar-refractivity contribution in [2.75, 3.05) is 6.61 Å². The normalized spacial score (nSPS) is 13.0. The second kappa shape index (κ2) is 20.2. The Hall–Kier alpha value is -1.75. The molecule has 2 aromatic rings. The minimum Gasteiger partial charge on any atom is -0.492 e. The van der Waals surface area contributed by atoms with Crippen molar-refractivity contribution in [3.63, 3.8) is 0 Å². The maximum atomic E-state index is 5.85. The average Bonchev–Trinajstić information content (AvgIpc) is 2.92. The Balaban J connectivity index is 1.59. The molecule has 2 heterocycles. The third-order valence-corrected chi connectivity index (χ3v) is 8.79. The zero-order valence-electron chi connectivity index (χ0n) is 24.3. The van der Waals surface area contributed by atoms with Crippen LogP contribution in [0.5, 0.6) is 5.75 Å². The van der Waals surface area contributed by atoms with Crippen LogP contribution in [0, 0.1) is 11.8 Å². The van der Waals surface area contributed by atoms with E-state index in [1.807, 2.05) is 12.1 Å². The van der Waals surface area contributed by atoms with Gasteiger partial charge >= 0.3 is 0 Å². The molecule has 0 fully saturated rings. The molecule has 2 rings (SSSR count). The van der Waals surface area contributed by atoms with E-state index in [0.717, 1.165) is 56.8 Å². The second-order valence-electron chi connectivity index (χ2n) is 11.0. The summed E-state index contributed by atoms with van der Waals surface area (Å²) in [6.45, 7) is 10.1. The smallest absolute Gasteiger partial charge is 0.137 e. The molecule has 0 saturated carbocycles. The summed E-state index contributed by atoms with van der Waals surface area (Å²) in [5.74, 6) is 2.49. The van der Waals surface area contributed by atoms with Gasteiger partial charge in [-0.3, -0.25) is 4.98 Å². The Kier molecular flexibility index (Phi) is 17.2. The van der Waals surface area contributed by atoms with Crippen LogP contribution in [0.15, 0.2) is 30.5 Å². The number of hydrogen-bond donors (Lipinski definition) is 0. The molecule has 37 heavy (non-hydrogen) atoms. The highest BCUT2D eigenvalue weighted by Gasteiger charge is 2.08. The zero-order valence-corrected chi connectivity index (χ0v) is 25.3. The molecule has 0 aliphatic carbocycles. The number of unbranched alkanes of at least 4 members (excludes halogenated alkanes) is 9. The third kappa shape index (κ3) is 14.7. The second-order valence-corrected chi connectivity index (χ2v) is 12.3. The molecule has 0 spiro atoms. The molecule has 0 N–H and O–H groups in total. The highest BCUT2D eigenvalue weighted by atomic mass is 28.2. The van der Waals surface area contributed by atoms with Gasteiger partial charge in [-0.05, 0) is 42.5 Å². The lowest BCUT2D eigenvalue weighted by molar-refractivity contribution is 0.303. The lowest BCUT2D eigenvalue weighted by atomic mass is 9.96. The van der Waals surface area contributed by atoms with Crippen LogP contribution >= 0.6 is 0 Å². The minimum absolute atomic E-state index is 0.729. The van der Waals surface area contributed by atoms with Crippen LogP contribution in [0.2, 0.25) is 6.04 Å². The SMILES string of the molecule is CCCCCCCCOc1ccc(-c2ccc([Si]CC(C)CCCCCC(C)CCCCC)nn2)nc1. The number of aromatic nitrogens is 3. The molecule has 0 aromatic carbocycles. The van der Waals surface area contributed by atoms with Crippen LogP contribution in [0.3, 0.4) is 0 Å². The number of pyridine rings is 1. The monoisotopic (exact) mass is 523 g/mol. The van der Waals surface area contributed by atoms with E-state index in [1.165, 1.54) is 95.9 Å². The van der Waals surface area contributed by atoms with Gasteiger partial charge in [-0.25, -0.2) is 0 Å². The molecule has 2 aromatic heterocycles. The summed E-state index contributed by atoms with van der Waals surface area (Å²) in [6.07, 6.45) is 21.9. The van der Waals surface area contributed by atoms with Gasteiger partial charge < -0.3 is 4.74 Å². The number of ether oxygens (including phenoxy) is 1. The molecule has 2 radical (unpaired) electrons. The predicted molar refractivity (Wildman–Crippen MR) is 160 cm³/mol. The molecule has 0 saturated heterocycles. The first-order valence-electron chi connectivity index (χ1n) is 15.3. The number of nitrogens with zero attached hydrogens (tertiary/aromatic N) is 3. The van der Waals surface area contributed by atoms with E-state index < -0.39 is 0 Å². The fourth-order valence-electron chi connectivity index (χ4n) is 4.68. The molecular formula is C32H53N3OSi. The van der Waals surface area contributed by atoms with Gasteiger partial charge in [-0.2, -0.15) is 5.10 Å². The molecule has 0 aliphatic rings. The van der Waals surface area contributed by atoms with Crippen molar-refractivity contribution in [2.24, 2.45) is 11.8 Å². The van der Waals surface area contributed by atoms with Gasteiger partial charge in [-0.15, -0.1) is 5.10 Å². The van der Waals surface area contributed by atoms with E-state index >= 15 is 0 Å². The van der Waals surface area contributed by atoms with E-state index in [9.17, 15) is 0 Å². The first-order valence-corrected chi connectivity index (χ1v) is 16.5. The summed E-state index contributed by atoms with van der Waals surface area (Å²) in [4.78, 5) is 4.54. The lowest BCUT2D eigenvalue weighted by Gasteiger charge is -2.12. The summed E-state index contributed by atoms with van der Waals surface area (Å²) >= 11 is 0. The van der Waals surface area contributed by atoms with E-state index in [4.69, 9.17) is 4.74 Å². The molecule has 206 valence electrons. The fourth-order valence-corrected chi connectivity index (χ4v) is 5.77. The maximum Gasteiger partial charge on any atom is 0.137 e. The van der Waals surface area contributed by atoms with Crippen LogP contribution in [-0.2, 0) is 0 Å². The van der Waals surface area contributed by atoms with Crippen molar-refractivity contribution in [1.82, 2.24) is 15.2 Å². The van der Waals surface area contributed by atoms with E-state index in [1.54, 1.807) is 6.20 Å². The van der Waals surface area contributed by atoms with E-state index in [2.05, 4.69) is 55.0 Å². The first kappa shape index (κ1) is 31.5. The van der Waals surface area contributed by atoms with Gasteiger partial charge in [0.2, 0.25) is 0 Å². The average molecular weight is 524 g/mol. The summed E-state index contributed by atoms with van der Waals surface area (Å²) in [6, 6.07) is 9.37. The summed E-state index contributed by atoms with van der Waals surface area (Å²) < 4.78 is 5.85. The molecule has 2 unspecified atom stereocenters. The van der Waals surface area contributed by atoms with Crippen molar-refractivity contribution in [3.8, 4) is 17.1 Å². The molecule has 5 heteroatoms. The van der Waals surface area contributed by atoms with Crippen LogP contribution in [0.4, 0.5) is 0 Å². The maximum absolute atomic E-state index is 5.85. The van der Waals surface area contributed by atoms with Gasteiger partial charge in [0.1, 0.15) is 21.0 Å². The Bertz CT molecular complexity index is 797. The third-order valence-electron chi connectivity index (χ3n) is 7.26. The minimum atomic E-state index is 0.729. The Labute approximate surface area is 230 Å². The van der Waals surface area contributed by atoms with Crippen molar-refractivity contribution in [1.29, 1.82) is 0 Å². The largest absolute Gasteiger partial charge is 0.492 e. The predicted octanol–water partition coefficient (Wildman–Crippen LogP) is 8.83. The Morgan fingerprint density at radius 3 is 1.97 bits per heavy atom. The van der Waals surface area contributed by atoms with Crippen molar-refractivity contribution in [3.05, 3.63) is 30.5 Å². The van der Waals surface area contributed by atoms with Gasteiger partial charge in [0.05, 0.1) is 18.5 Å².